The lowest BCUT2D eigenvalue weighted by Gasteiger charge is -2.27. The van der Waals surface area contributed by atoms with Gasteiger partial charge in [0.25, 0.3) is 5.91 Å². The highest BCUT2D eigenvalue weighted by Crippen LogP contribution is 2.32. The number of hydrogen-bond acceptors (Lipinski definition) is 6. The van der Waals surface area contributed by atoms with Crippen LogP contribution in [0, 0.1) is 17.7 Å². The molecule has 1 aliphatic carbocycles. The summed E-state index contributed by atoms with van der Waals surface area (Å²) in [6, 6.07) is 9.95. The van der Waals surface area contributed by atoms with Crippen LogP contribution in [0.1, 0.15) is 59.9 Å². The summed E-state index contributed by atoms with van der Waals surface area (Å²) < 4.78 is 15.1. The van der Waals surface area contributed by atoms with Gasteiger partial charge in [0.15, 0.2) is 0 Å². The molecule has 3 heterocycles. The van der Waals surface area contributed by atoms with Gasteiger partial charge in [-0.3, -0.25) is 9.78 Å². The monoisotopic (exact) mass is 499 g/mol. The predicted molar refractivity (Wildman–Crippen MR) is 139 cm³/mol. The number of hydrogen-bond donors (Lipinski definition) is 2. The molecule has 0 aliphatic heterocycles. The predicted octanol–water partition coefficient (Wildman–Crippen LogP) is 4.84. The number of carbonyl (C=O) groups excluding carboxylic acids is 1. The molecule has 1 aromatic carbocycles. The molecule has 0 bridgehead atoms. The topological polar surface area (TPSA) is 101 Å². The molecule has 2 N–H and O–H groups in total. The molecule has 2 atom stereocenters. The maximum Gasteiger partial charge on any atom is 0.251 e. The lowest BCUT2D eigenvalue weighted by Crippen LogP contribution is -2.29. The highest BCUT2D eigenvalue weighted by Gasteiger charge is 2.24. The Balaban J connectivity index is 1.39. The molecule has 4 aromatic rings. The second-order valence-corrected chi connectivity index (χ2v) is 10.0. The smallest absolute Gasteiger partial charge is 0.251 e. The Kier molecular flexibility index (Phi) is 7.19. The number of pyridine rings is 2. The van der Waals surface area contributed by atoms with E-state index in [0.29, 0.717) is 29.2 Å². The summed E-state index contributed by atoms with van der Waals surface area (Å²) in [5, 5.41) is 20.8. The van der Waals surface area contributed by atoms with Crippen molar-refractivity contribution < 1.29 is 14.3 Å². The number of aromatic nitrogens is 4. The van der Waals surface area contributed by atoms with Crippen LogP contribution in [0.5, 0.6) is 0 Å². The van der Waals surface area contributed by atoms with E-state index in [9.17, 15) is 9.90 Å². The quantitative estimate of drug-likeness (QED) is 0.377. The van der Waals surface area contributed by atoms with E-state index in [0.717, 1.165) is 47.3 Å². The van der Waals surface area contributed by atoms with Gasteiger partial charge >= 0.3 is 0 Å². The second kappa shape index (κ2) is 10.7. The van der Waals surface area contributed by atoms with E-state index in [4.69, 9.17) is 0 Å². The highest BCUT2D eigenvalue weighted by molar-refractivity contribution is 5.98. The summed E-state index contributed by atoms with van der Waals surface area (Å²) in [6.45, 7) is 4.34. The number of halogens is 1. The average molecular weight is 500 g/mol. The van der Waals surface area contributed by atoms with Crippen molar-refractivity contribution in [3.63, 3.8) is 0 Å². The molecule has 0 saturated heterocycles. The van der Waals surface area contributed by atoms with Crippen molar-refractivity contribution in [2.45, 2.75) is 45.6 Å². The number of aliphatic hydroxyl groups is 1. The van der Waals surface area contributed by atoms with Crippen molar-refractivity contribution in [3.05, 3.63) is 83.2 Å². The van der Waals surface area contributed by atoms with Crippen molar-refractivity contribution in [2.75, 3.05) is 6.61 Å². The number of carbonyl (C=O) groups is 1. The minimum atomic E-state index is -0.507. The van der Waals surface area contributed by atoms with Gasteiger partial charge in [-0.05, 0) is 79.0 Å². The van der Waals surface area contributed by atoms with Gasteiger partial charge in [0, 0.05) is 35.0 Å². The molecule has 1 amide bonds. The zero-order chi connectivity index (χ0) is 25.9. The third-order valence-corrected chi connectivity index (χ3v) is 7.27. The van der Waals surface area contributed by atoms with Gasteiger partial charge in [0.1, 0.15) is 11.3 Å². The van der Waals surface area contributed by atoms with E-state index >= 15 is 4.39 Å². The number of benzene rings is 1. The number of nitrogens with zero attached hydrogens (tertiary/aromatic N) is 4. The molecule has 37 heavy (non-hydrogen) atoms. The number of aliphatic hydroxyl groups excluding tert-OH is 1. The zero-order valence-electron chi connectivity index (χ0n) is 21.0. The van der Waals surface area contributed by atoms with Crippen LogP contribution in [0.25, 0.3) is 22.2 Å². The van der Waals surface area contributed by atoms with Crippen molar-refractivity contribution >= 4 is 16.8 Å². The molecule has 5 rings (SSSR count). The number of aryl methyl sites for hydroxylation is 1. The van der Waals surface area contributed by atoms with E-state index in [-0.39, 0.29) is 12.2 Å². The highest BCUT2D eigenvalue weighted by atomic mass is 19.1. The summed E-state index contributed by atoms with van der Waals surface area (Å²) in [4.78, 5) is 22.3. The molecule has 0 spiro atoms. The Morgan fingerprint density at radius 3 is 2.73 bits per heavy atom. The van der Waals surface area contributed by atoms with Crippen molar-refractivity contribution in [1.82, 2.24) is 25.5 Å². The molecule has 8 heteroatoms. The van der Waals surface area contributed by atoms with E-state index in [2.05, 4.69) is 39.3 Å². The van der Waals surface area contributed by atoms with Gasteiger partial charge in [-0.1, -0.05) is 19.9 Å². The fourth-order valence-corrected chi connectivity index (χ4v) is 5.04. The minimum Gasteiger partial charge on any atom is -0.396 e. The standard InChI is InChI=1S/C29H30FN5O2/c1-17(2)18-3-6-26-21(11-18)12-22-13-23(14-24(30)28(22)34-26)29(37)35-27(8-10-36)19-4-5-25(31-15-19)20-7-9-32-33-16-20/h4-5,7,9,12-18,27,36H,3,6,8,10-11H2,1-2H3,(H,35,37)/t18?,27-/m1/s1. The van der Waals surface area contributed by atoms with Gasteiger partial charge in [-0.2, -0.15) is 10.2 Å². The van der Waals surface area contributed by atoms with E-state index in [1.807, 2.05) is 24.3 Å². The lowest BCUT2D eigenvalue weighted by molar-refractivity contribution is 0.0929. The number of amides is 1. The normalized spacial score (nSPS) is 16.0. The van der Waals surface area contributed by atoms with Crippen LogP contribution in [0.2, 0.25) is 0 Å². The van der Waals surface area contributed by atoms with Crippen LogP contribution in [-0.4, -0.2) is 37.8 Å². The Bertz CT molecular complexity index is 1410. The largest absolute Gasteiger partial charge is 0.396 e. The summed E-state index contributed by atoms with van der Waals surface area (Å²) in [5.41, 5.74) is 4.91. The van der Waals surface area contributed by atoms with Crippen LogP contribution < -0.4 is 5.32 Å². The minimum absolute atomic E-state index is 0.125. The molecule has 0 saturated carbocycles. The number of nitrogens with one attached hydrogen (secondary N) is 1. The van der Waals surface area contributed by atoms with Crippen molar-refractivity contribution in [2.24, 2.45) is 11.8 Å². The third-order valence-electron chi connectivity index (χ3n) is 7.27. The first-order chi connectivity index (χ1) is 17.9. The van der Waals surface area contributed by atoms with Crippen molar-refractivity contribution in [1.29, 1.82) is 0 Å². The molecule has 0 radical (unpaired) electrons. The molecule has 3 aromatic heterocycles. The van der Waals surface area contributed by atoms with E-state index < -0.39 is 17.8 Å². The van der Waals surface area contributed by atoms with Crippen LogP contribution in [0.3, 0.4) is 0 Å². The molecule has 190 valence electrons. The van der Waals surface area contributed by atoms with E-state index in [1.165, 1.54) is 6.07 Å². The van der Waals surface area contributed by atoms with Crippen LogP contribution >= 0.6 is 0 Å². The summed E-state index contributed by atoms with van der Waals surface area (Å²) in [6.07, 6.45) is 8.01. The molecule has 1 aliphatic rings. The first-order valence-electron chi connectivity index (χ1n) is 12.7. The first-order valence-corrected chi connectivity index (χ1v) is 12.7. The van der Waals surface area contributed by atoms with Gasteiger partial charge in [-0.15, -0.1) is 0 Å². The fraction of sp³-hybridized carbons (Fsp3) is 0.345. The maximum atomic E-state index is 15.1. The molecule has 1 unspecified atom stereocenters. The Labute approximate surface area is 215 Å². The van der Waals surface area contributed by atoms with Gasteiger partial charge in [0.05, 0.1) is 24.1 Å². The Hall–Kier alpha value is -3.78. The summed E-state index contributed by atoms with van der Waals surface area (Å²) >= 11 is 0. The second-order valence-electron chi connectivity index (χ2n) is 10.0. The summed E-state index contributed by atoms with van der Waals surface area (Å²) in [7, 11) is 0. The average Bonchev–Trinajstić information content (AvgIpc) is 2.92. The van der Waals surface area contributed by atoms with Gasteiger partial charge in [-0.25, -0.2) is 9.37 Å². The van der Waals surface area contributed by atoms with Gasteiger partial charge < -0.3 is 10.4 Å². The van der Waals surface area contributed by atoms with Crippen LogP contribution in [0.4, 0.5) is 4.39 Å². The molecular weight excluding hydrogens is 469 g/mol. The SMILES string of the molecule is CC(C)C1CCc2nc3c(F)cc(C(=O)N[C@H](CCO)c4ccc(-c5ccnnc5)nc4)cc3cc2C1. The Morgan fingerprint density at radius 2 is 2.03 bits per heavy atom. The van der Waals surface area contributed by atoms with Gasteiger partial charge in [0.2, 0.25) is 0 Å². The Morgan fingerprint density at radius 1 is 1.16 bits per heavy atom. The first kappa shape index (κ1) is 24.9. The van der Waals surface area contributed by atoms with Crippen LogP contribution in [0.15, 0.2) is 55.0 Å². The van der Waals surface area contributed by atoms with E-state index in [1.54, 1.807) is 24.7 Å². The summed E-state index contributed by atoms with van der Waals surface area (Å²) in [5.74, 6) is 0.231. The third kappa shape index (κ3) is 5.34. The molecule has 0 fully saturated rings. The van der Waals surface area contributed by atoms with Crippen LogP contribution in [-0.2, 0) is 12.8 Å². The lowest BCUT2D eigenvalue weighted by atomic mass is 9.80. The fourth-order valence-electron chi connectivity index (χ4n) is 5.04. The zero-order valence-corrected chi connectivity index (χ0v) is 21.0. The molecule has 7 nitrogen and oxygen atoms in total. The number of rotatable bonds is 7. The maximum absolute atomic E-state index is 15.1. The molecular formula is C29H30FN5O2. The number of fused-ring (bicyclic) bond motifs is 2. The van der Waals surface area contributed by atoms with Crippen molar-refractivity contribution in [3.8, 4) is 11.3 Å².